The van der Waals surface area contributed by atoms with Gasteiger partial charge < -0.3 is 15.4 Å². The van der Waals surface area contributed by atoms with E-state index in [2.05, 4.69) is 17.6 Å². The van der Waals surface area contributed by atoms with Crippen molar-refractivity contribution in [1.29, 1.82) is 0 Å². The quantitative estimate of drug-likeness (QED) is 0.390. The molecular weight excluding hydrogens is 274 g/mol. The summed E-state index contributed by atoms with van der Waals surface area (Å²) in [4.78, 5) is 4.71. The van der Waals surface area contributed by atoms with Crippen molar-refractivity contribution in [3.05, 3.63) is 0 Å². The highest BCUT2D eigenvalue weighted by molar-refractivity contribution is 5.80. The summed E-state index contributed by atoms with van der Waals surface area (Å²) >= 11 is 0. The van der Waals surface area contributed by atoms with Crippen LogP contribution in [0.2, 0.25) is 0 Å². The van der Waals surface area contributed by atoms with Gasteiger partial charge in [0.2, 0.25) is 0 Å². The summed E-state index contributed by atoms with van der Waals surface area (Å²) in [6.07, 6.45) is 10.8. The van der Waals surface area contributed by atoms with Gasteiger partial charge in [-0.15, -0.1) is 0 Å². The zero-order chi connectivity index (χ0) is 15.6. The van der Waals surface area contributed by atoms with E-state index in [1.165, 1.54) is 38.5 Å². The van der Waals surface area contributed by atoms with Crippen molar-refractivity contribution in [3.63, 3.8) is 0 Å². The minimum Gasteiger partial charge on any atom is -0.382 e. The third-order valence-corrected chi connectivity index (χ3v) is 4.93. The van der Waals surface area contributed by atoms with Gasteiger partial charge in [-0.3, -0.25) is 4.99 Å². The molecule has 0 aromatic carbocycles. The highest BCUT2D eigenvalue weighted by Gasteiger charge is 2.43. The summed E-state index contributed by atoms with van der Waals surface area (Å²) in [5.74, 6) is 2.89. The Morgan fingerprint density at radius 2 is 1.95 bits per heavy atom. The molecular formula is C18H35N3O. The number of guanidine groups is 1. The van der Waals surface area contributed by atoms with Crippen LogP contribution in [0.25, 0.3) is 0 Å². The number of nitrogens with zero attached hydrogens (tertiary/aromatic N) is 1. The van der Waals surface area contributed by atoms with Crippen LogP contribution in [0, 0.1) is 11.8 Å². The van der Waals surface area contributed by atoms with E-state index in [0.29, 0.717) is 6.04 Å². The van der Waals surface area contributed by atoms with Crippen LogP contribution >= 0.6 is 0 Å². The minimum atomic E-state index is 0.671. The van der Waals surface area contributed by atoms with Crippen molar-refractivity contribution < 1.29 is 4.74 Å². The monoisotopic (exact) mass is 309 g/mol. The van der Waals surface area contributed by atoms with Gasteiger partial charge in [0.15, 0.2) is 5.96 Å². The largest absolute Gasteiger partial charge is 0.382 e. The van der Waals surface area contributed by atoms with Gasteiger partial charge >= 0.3 is 0 Å². The maximum Gasteiger partial charge on any atom is 0.191 e. The number of rotatable bonds is 9. The summed E-state index contributed by atoms with van der Waals surface area (Å²) in [5.41, 5.74) is 0. The van der Waals surface area contributed by atoms with Gasteiger partial charge in [0.1, 0.15) is 0 Å². The molecule has 2 N–H and O–H groups in total. The summed E-state index contributed by atoms with van der Waals surface area (Å²) in [6, 6.07) is 0.671. The molecule has 0 spiro atoms. The second-order valence-corrected chi connectivity index (χ2v) is 6.71. The summed E-state index contributed by atoms with van der Waals surface area (Å²) in [7, 11) is 0. The predicted molar refractivity (Wildman–Crippen MR) is 93.3 cm³/mol. The molecule has 0 saturated heterocycles. The molecule has 128 valence electrons. The van der Waals surface area contributed by atoms with Gasteiger partial charge in [0.05, 0.1) is 0 Å². The Morgan fingerprint density at radius 1 is 1.14 bits per heavy atom. The molecule has 22 heavy (non-hydrogen) atoms. The Labute approximate surface area is 136 Å². The molecule has 0 radical (unpaired) electrons. The van der Waals surface area contributed by atoms with Crippen molar-refractivity contribution in [2.24, 2.45) is 16.8 Å². The fourth-order valence-electron chi connectivity index (χ4n) is 3.61. The van der Waals surface area contributed by atoms with Crippen molar-refractivity contribution in [3.8, 4) is 0 Å². The van der Waals surface area contributed by atoms with E-state index < -0.39 is 0 Å². The van der Waals surface area contributed by atoms with Crippen LogP contribution in [0.5, 0.6) is 0 Å². The van der Waals surface area contributed by atoms with E-state index in [-0.39, 0.29) is 0 Å². The van der Waals surface area contributed by atoms with E-state index in [9.17, 15) is 0 Å². The van der Waals surface area contributed by atoms with Crippen molar-refractivity contribution in [1.82, 2.24) is 10.6 Å². The number of aliphatic imine (C=N–C) groups is 1. The molecule has 2 saturated carbocycles. The average molecular weight is 309 g/mol. The minimum absolute atomic E-state index is 0.671. The molecule has 4 heteroatoms. The lowest BCUT2D eigenvalue weighted by Gasteiger charge is -2.22. The Bertz CT molecular complexity index is 326. The first-order valence-corrected chi connectivity index (χ1v) is 9.47. The fraction of sp³-hybridized carbons (Fsp3) is 0.944. The number of ether oxygens (including phenoxy) is 1. The fourth-order valence-corrected chi connectivity index (χ4v) is 3.61. The highest BCUT2D eigenvalue weighted by atomic mass is 16.5. The van der Waals surface area contributed by atoms with E-state index in [1.807, 2.05) is 6.92 Å². The zero-order valence-electron chi connectivity index (χ0n) is 14.6. The lowest BCUT2D eigenvalue weighted by Crippen LogP contribution is -2.39. The van der Waals surface area contributed by atoms with Gasteiger partial charge in [-0.1, -0.05) is 32.1 Å². The molecule has 2 atom stereocenters. The molecule has 2 unspecified atom stereocenters. The Hall–Kier alpha value is -0.770. The lowest BCUT2D eigenvalue weighted by atomic mass is 9.85. The Morgan fingerprint density at radius 3 is 2.68 bits per heavy atom. The molecule has 2 aliphatic carbocycles. The third-order valence-electron chi connectivity index (χ3n) is 4.93. The molecule has 2 fully saturated rings. The van der Waals surface area contributed by atoms with Gasteiger partial charge in [-0.2, -0.15) is 0 Å². The smallest absolute Gasteiger partial charge is 0.191 e. The topological polar surface area (TPSA) is 45.7 Å². The highest BCUT2D eigenvalue weighted by Crippen LogP contribution is 2.44. The molecule has 0 bridgehead atoms. The lowest BCUT2D eigenvalue weighted by molar-refractivity contribution is 0.144. The van der Waals surface area contributed by atoms with Gasteiger partial charge in [-0.05, 0) is 44.9 Å². The third kappa shape index (κ3) is 6.15. The SMILES string of the molecule is CCNC(=NCCCCOCC)NC1CC1C1CCCCC1. The van der Waals surface area contributed by atoms with E-state index in [1.54, 1.807) is 0 Å². The van der Waals surface area contributed by atoms with E-state index in [4.69, 9.17) is 9.73 Å². The maximum atomic E-state index is 5.36. The zero-order valence-corrected chi connectivity index (χ0v) is 14.6. The standard InChI is InChI=1S/C18H35N3O/c1-3-19-18(20-12-8-9-13-22-4-2)21-17-14-16(17)15-10-6-5-7-11-15/h15-17H,3-14H2,1-2H3,(H2,19,20,21). The first kappa shape index (κ1) is 17.6. The van der Waals surface area contributed by atoms with Crippen molar-refractivity contribution in [2.45, 2.75) is 71.3 Å². The summed E-state index contributed by atoms with van der Waals surface area (Å²) in [6.45, 7) is 7.69. The second kappa shape index (κ2) is 10.1. The van der Waals surface area contributed by atoms with Crippen LogP contribution in [0.4, 0.5) is 0 Å². The molecule has 2 aliphatic rings. The van der Waals surface area contributed by atoms with Crippen LogP contribution in [0.3, 0.4) is 0 Å². The number of nitrogens with one attached hydrogen (secondary N) is 2. The van der Waals surface area contributed by atoms with Crippen molar-refractivity contribution >= 4 is 5.96 Å². The van der Waals surface area contributed by atoms with Crippen molar-refractivity contribution in [2.75, 3.05) is 26.3 Å². The van der Waals surface area contributed by atoms with Crippen LogP contribution < -0.4 is 10.6 Å². The van der Waals surface area contributed by atoms with Crippen LogP contribution in [0.1, 0.15) is 65.2 Å². The number of hydrogen-bond donors (Lipinski definition) is 2. The molecule has 0 aromatic rings. The Balaban J connectivity index is 1.65. The molecule has 0 aromatic heterocycles. The predicted octanol–water partition coefficient (Wildman–Crippen LogP) is 3.33. The first-order chi connectivity index (χ1) is 10.8. The summed E-state index contributed by atoms with van der Waals surface area (Å²) in [5, 5.41) is 7.04. The number of unbranched alkanes of at least 4 members (excludes halogenated alkanes) is 1. The maximum absolute atomic E-state index is 5.36. The van der Waals surface area contributed by atoms with E-state index >= 15 is 0 Å². The molecule has 4 nitrogen and oxygen atoms in total. The molecule has 0 heterocycles. The van der Waals surface area contributed by atoms with Gasteiger partial charge in [0.25, 0.3) is 0 Å². The molecule has 0 aliphatic heterocycles. The molecule has 2 rings (SSSR count). The summed E-state index contributed by atoms with van der Waals surface area (Å²) < 4.78 is 5.36. The van der Waals surface area contributed by atoms with Crippen LogP contribution in [0.15, 0.2) is 4.99 Å². The van der Waals surface area contributed by atoms with Crippen LogP contribution in [-0.2, 0) is 4.74 Å². The number of hydrogen-bond acceptors (Lipinski definition) is 2. The second-order valence-electron chi connectivity index (χ2n) is 6.71. The van der Waals surface area contributed by atoms with E-state index in [0.717, 1.165) is 56.9 Å². The first-order valence-electron chi connectivity index (χ1n) is 9.47. The average Bonchev–Trinajstić information content (AvgIpc) is 3.31. The Kier molecular flexibility index (Phi) is 8.06. The van der Waals surface area contributed by atoms with Gasteiger partial charge in [-0.25, -0.2) is 0 Å². The normalized spacial score (nSPS) is 26.0. The van der Waals surface area contributed by atoms with Gasteiger partial charge in [0, 0.05) is 32.3 Å². The van der Waals surface area contributed by atoms with Crippen LogP contribution in [-0.4, -0.2) is 38.3 Å². The molecule has 0 amide bonds.